The summed E-state index contributed by atoms with van der Waals surface area (Å²) < 4.78 is 0. The Balaban J connectivity index is 1.58. The van der Waals surface area contributed by atoms with E-state index in [1.54, 1.807) is 11.8 Å². The molecule has 0 saturated carbocycles. The number of carbonyl (C=O) groups is 1. The summed E-state index contributed by atoms with van der Waals surface area (Å²) >= 11 is 1.75. The average Bonchev–Trinajstić information content (AvgIpc) is 2.66. The third-order valence-corrected chi connectivity index (χ3v) is 5.74. The molecule has 3 aromatic rings. The molecule has 3 heteroatoms. The maximum absolute atomic E-state index is 12.3. The van der Waals surface area contributed by atoms with Crippen LogP contribution >= 0.6 is 11.8 Å². The molecule has 0 saturated heterocycles. The minimum absolute atomic E-state index is 0.0427. The number of rotatable bonds is 6. The van der Waals surface area contributed by atoms with Gasteiger partial charge in [0.05, 0.1) is 0 Å². The van der Waals surface area contributed by atoms with E-state index in [0.717, 1.165) is 10.6 Å². The van der Waals surface area contributed by atoms with Crippen molar-refractivity contribution in [2.24, 2.45) is 0 Å². The summed E-state index contributed by atoms with van der Waals surface area (Å²) in [5, 5.41) is 3.00. The van der Waals surface area contributed by atoms with E-state index in [1.807, 2.05) is 30.3 Å². The Labute approximate surface area is 166 Å². The summed E-state index contributed by atoms with van der Waals surface area (Å²) in [7, 11) is 0. The summed E-state index contributed by atoms with van der Waals surface area (Å²) in [6, 6.07) is 24.7. The van der Waals surface area contributed by atoms with Crippen LogP contribution in [0.3, 0.4) is 0 Å². The molecule has 3 aromatic carbocycles. The lowest BCUT2D eigenvalue weighted by atomic mass is 9.97. The van der Waals surface area contributed by atoms with Crippen molar-refractivity contribution in [2.45, 2.75) is 42.9 Å². The van der Waals surface area contributed by atoms with E-state index >= 15 is 0 Å². The number of aryl methyl sites for hydroxylation is 2. The van der Waals surface area contributed by atoms with Gasteiger partial charge in [0.25, 0.3) is 0 Å². The van der Waals surface area contributed by atoms with Crippen molar-refractivity contribution in [1.29, 1.82) is 0 Å². The Hall–Kier alpha value is -2.52. The minimum atomic E-state index is 0.0427. The molecule has 1 amide bonds. The SMILES string of the molecule is Cc1ccc(Sc2ccc(NC(=O)CC(C)c3ccccc3)cc2)c(C)c1. The fourth-order valence-corrected chi connectivity index (χ4v) is 3.92. The van der Waals surface area contributed by atoms with Gasteiger partial charge in [-0.3, -0.25) is 4.79 Å². The van der Waals surface area contributed by atoms with Crippen LogP contribution in [0.25, 0.3) is 0 Å². The van der Waals surface area contributed by atoms with Crippen molar-refractivity contribution in [1.82, 2.24) is 0 Å². The van der Waals surface area contributed by atoms with Crippen LogP contribution in [0, 0.1) is 13.8 Å². The first kappa shape index (κ1) is 19.2. The van der Waals surface area contributed by atoms with E-state index < -0.39 is 0 Å². The Bertz CT molecular complexity index is 903. The number of anilines is 1. The number of hydrogen-bond donors (Lipinski definition) is 1. The first-order chi connectivity index (χ1) is 13.0. The van der Waals surface area contributed by atoms with Crippen molar-refractivity contribution in [3.05, 3.63) is 89.5 Å². The third kappa shape index (κ3) is 5.48. The van der Waals surface area contributed by atoms with Crippen LogP contribution in [-0.2, 0) is 4.79 Å². The minimum Gasteiger partial charge on any atom is -0.326 e. The quantitative estimate of drug-likeness (QED) is 0.527. The summed E-state index contributed by atoms with van der Waals surface area (Å²) in [6.07, 6.45) is 0.475. The lowest BCUT2D eigenvalue weighted by Crippen LogP contribution is -2.14. The molecule has 0 heterocycles. The summed E-state index contributed by atoms with van der Waals surface area (Å²) in [6.45, 7) is 6.33. The van der Waals surface area contributed by atoms with Crippen molar-refractivity contribution in [3.63, 3.8) is 0 Å². The molecule has 1 atom stereocenters. The largest absolute Gasteiger partial charge is 0.326 e. The highest BCUT2D eigenvalue weighted by Crippen LogP contribution is 2.31. The van der Waals surface area contributed by atoms with Crippen molar-refractivity contribution in [2.75, 3.05) is 5.32 Å². The summed E-state index contributed by atoms with van der Waals surface area (Å²) in [5.41, 5.74) is 4.59. The van der Waals surface area contributed by atoms with Crippen LogP contribution in [0.4, 0.5) is 5.69 Å². The van der Waals surface area contributed by atoms with Gasteiger partial charge in [-0.1, -0.05) is 66.7 Å². The molecule has 0 fully saturated rings. The van der Waals surface area contributed by atoms with Gasteiger partial charge < -0.3 is 5.32 Å². The first-order valence-corrected chi connectivity index (χ1v) is 10.0. The second-order valence-corrected chi connectivity index (χ2v) is 8.07. The average molecular weight is 376 g/mol. The number of amides is 1. The second kappa shape index (κ2) is 8.92. The molecule has 0 bridgehead atoms. The molecule has 1 unspecified atom stereocenters. The molecule has 3 rings (SSSR count). The molecule has 0 aliphatic heterocycles. The zero-order valence-corrected chi connectivity index (χ0v) is 16.8. The Kier molecular flexibility index (Phi) is 6.36. The molecule has 2 nitrogen and oxygen atoms in total. The molecule has 27 heavy (non-hydrogen) atoms. The van der Waals surface area contributed by atoms with E-state index in [-0.39, 0.29) is 11.8 Å². The van der Waals surface area contributed by atoms with Gasteiger partial charge >= 0.3 is 0 Å². The summed E-state index contributed by atoms with van der Waals surface area (Å²) in [4.78, 5) is 14.8. The lowest BCUT2D eigenvalue weighted by Gasteiger charge is -2.12. The van der Waals surface area contributed by atoms with Gasteiger partial charge in [0.15, 0.2) is 0 Å². The van der Waals surface area contributed by atoms with Gasteiger partial charge in [0.1, 0.15) is 0 Å². The number of benzene rings is 3. The third-order valence-electron chi connectivity index (χ3n) is 4.56. The molecule has 0 aromatic heterocycles. The van der Waals surface area contributed by atoms with E-state index in [4.69, 9.17) is 0 Å². The smallest absolute Gasteiger partial charge is 0.224 e. The van der Waals surface area contributed by atoms with Crippen molar-refractivity contribution < 1.29 is 4.79 Å². The van der Waals surface area contributed by atoms with Gasteiger partial charge in [-0.2, -0.15) is 0 Å². The summed E-state index contributed by atoms with van der Waals surface area (Å²) in [5.74, 6) is 0.242. The van der Waals surface area contributed by atoms with Crippen LogP contribution in [0.15, 0.2) is 82.6 Å². The molecule has 0 radical (unpaired) electrons. The van der Waals surface area contributed by atoms with E-state index in [2.05, 4.69) is 68.6 Å². The van der Waals surface area contributed by atoms with Crippen LogP contribution in [0.5, 0.6) is 0 Å². The second-order valence-electron chi connectivity index (χ2n) is 6.96. The van der Waals surface area contributed by atoms with Gasteiger partial charge in [-0.05, 0) is 61.2 Å². The zero-order chi connectivity index (χ0) is 19.2. The van der Waals surface area contributed by atoms with E-state index in [9.17, 15) is 4.79 Å². The van der Waals surface area contributed by atoms with Gasteiger partial charge in [-0.15, -0.1) is 0 Å². The zero-order valence-electron chi connectivity index (χ0n) is 16.0. The Morgan fingerprint density at radius 2 is 1.67 bits per heavy atom. The highest BCUT2D eigenvalue weighted by Gasteiger charge is 2.11. The standard InChI is InChI=1S/C24H25NOS/c1-17-9-14-23(19(3)15-17)27-22-12-10-21(11-13-22)25-24(26)16-18(2)20-7-5-4-6-8-20/h4-15,18H,16H2,1-3H3,(H,25,26). The van der Waals surface area contributed by atoms with Crippen molar-refractivity contribution >= 4 is 23.4 Å². The van der Waals surface area contributed by atoms with Gasteiger partial charge in [0, 0.05) is 21.9 Å². The number of nitrogens with one attached hydrogen (secondary N) is 1. The molecule has 138 valence electrons. The Morgan fingerprint density at radius 1 is 0.963 bits per heavy atom. The lowest BCUT2D eigenvalue weighted by molar-refractivity contribution is -0.116. The molecule has 0 spiro atoms. The fourth-order valence-electron chi connectivity index (χ4n) is 3.04. The van der Waals surface area contributed by atoms with E-state index in [0.29, 0.717) is 6.42 Å². The van der Waals surface area contributed by atoms with Crippen LogP contribution in [-0.4, -0.2) is 5.91 Å². The highest BCUT2D eigenvalue weighted by molar-refractivity contribution is 7.99. The van der Waals surface area contributed by atoms with Crippen LogP contribution < -0.4 is 5.32 Å². The maximum Gasteiger partial charge on any atom is 0.224 e. The number of hydrogen-bond acceptors (Lipinski definition) is 2. The fraction of sp³-hybridized carbons (Fsp3) is 0.208. The van der Waals surface area contributed by atoms with Crippen molar-refractivity contribution in [3.8, 4) is 0 Å². The molecular formula is C24H25NOS. The Morgan fingerprint density at radius 3 is 2.33 bits per heavy atom. The van der Waals surface area contributed by atoms with Crippen LogP contribution in [0.2, 0.25) is 0 Å². The topological polar surface area (TPSA) is 29.1 Å². The monoisotopic (exact) mass is 375 g/mol. The molecular weight excluding hydrogens is 350 g/mol. The predicted molar refractivity (Wildman–Crippen MR) is 115 cm³/mol. The van der Waals surface area contributed by atoms with Gasteiger partial charge in [0.2, 0.25) is 5.91 Å². The van der Waals surface area contributed by atoms with Crippen LogP contribution in [0.1, 0.15) is 36.0 Å². The number of carbonyl (C=O) groups excluding carboxylic acids is 1. The normalized spacial score (nSPS) is 11.8. The van der Waals surface area contributed by atoms with E-state index in [1.165, 1.54) is 21.6 Å². The maximum atomic E-state index is 12.3. The van der Waals surface area contributed by atoms with Gasteiger partial charge in [-0.25, -0.2) is 0 Å². The first-order valence-electron chi connectivity index (χ1n) is 9.21. The molecule has 1 N–H and O–H groups in total. The molecule has 0 aliphatic rings. The highest BCUT2D eigenvalue weighted by atomic mass is 32.2. The molecule has 0 aliphatic carbocycles. The predicted octanol–water partition coefficient (Wildman–Crippen LogP) is 6.59.